The number of ketones is 1. The first-order valence-corrected chi connectivity index (χ1v) is 8.98. The van der Waals surface area contributed by atoms with Crippen LogP contribution in [-0.2, 0) is 14.3 Å². The number of hydrogen-bond donors (Lipinski definition) is 0. The lowest BCUT2D eigenvalue weighted by Crippen LogP contribution is -2.34. The number of hydrogen-bond acceptors (Lipinski definition) is 7. The number of allylic oxidation sites excluding steroid dienone is 2. The summed E-state index contributed by atoms with van der Waals surface area (Å²) >= 11 is 0. The Morgan fingerprint density at radius 3 is 2.61 bits per heavy atom. The molecule has 1 heterocycles. The summed E-state index contributed by atoms with van der Waals surface area (Å²) in [6.45, 7) is 1.93. The van der Waals surface area contributed by atoms with Crippen molar-refractivity contribution in [3.05, 3.63) is 54.1 Å². The second kappa shape index (κ2) is 8.65. The molecule has 0 N–H and O–H groups in total. The molecule has 0 fully saturated rings. The van der Waals surface area contributed by atoms with Crippen molar-refractivity contribution in [1.29, 1.82) is 0 Å². The van der Waals surface area contributed by atoms with E-state index in [4.69, 9.17) is 14.2 Å². The first-order chi connectivity index (χ1) is 13.6. The Morgan fingerprint density at radius 1 is 1.18 bits per heavy atom. The normalized spacial score (nSPS) is 19.0. The molecule has 0 saturated heterocycles. The van der Waals surface area contributed by atoms with E-state index in [9.17, 15) is 9.59 Å². The Balaban J connectivity index is 2.05. The molecule has 0 amide bonds. The van der Waals surface area contributed by atoms with Crippen molar-refractivity contribution >= 4 is 17.3 Å². The van der Waals surface area contributed by atoms with E-state index in [1.165, 1.54) is 6.08 Å². The molecule has 0 bridgehead atoms. The van der Waals surface area contributed by atoms with E-state index in [-0.39, 0.29) is 12.4 Å². The molecule has 0 radical (unpaired) electrons. The van der Waals surface area contributed by atoms with E-state index < -0.39 is 17.8 Å². The maximum absolute atomic E-state index is 12.9. The maximum Gasteiger partial charge on any atom is 0.317 e. The van der Waals surface area contributed by atoms with Crippen molar-refractivity contribution in [2.75, 3.05) is 20.8 Å². The molecule has 3 rings (SSSR count). The largest absolute Gasteiger partial charge is 0.493 e. The van der Waals surface area contributed by atoms with Gasteiger partial charge in [-0.1, -0.05) is 6.07 Å². The topological polar surface area (TPSA) is 87.6 Å². The molecule has 1 aromatic heterocycles. The Bertz CT molecular complexity index is 895. The lowest BCUT2D eigenvalue weighted by atomic mass is 9.74. The van der Waals surface area contributed by atoms with Crippen LogP contribution in [0.5, 0.6) is 11.5 Å². The first-order valence-electron chi connectivity index (χ1n) is 8.98. The van der Waals surface area contributed by atoms with Crippen LogP contribution in [0.3, 0.4) is 0 Å². The third kappa shape index (κ3) is 3.88. The van der Waals surface area contributed by atoms with Crippen LogP contribution >= 0.6 is 0 Å². The SMILES string of the molecule is CCOC(=O)C1C(=O)C=C(c2cnccn2)CC1c1ccc(OC)c(OC)c1. The number of carbonyl (C=O) groups excluding carboxylic acids is 2. The number of nitrogens with zero attached hydrogens (tertiary/aromatic N) is 2. The lowest BCUT2D eigenvalue weighted by Gasteiger charge is -2.29. The number of ether oxygens (including phenoxy) is 3. The molecule has 0 spiro atoms. The highest BCUT2D eigenvalue weighted by molar-refractivity contribution is 6.10. The van der Waals surface area contributed by atoms with Gasteiger partial charge >= 0.3 is 5.97 Å². The highest BCUT2D eigenvalue weighted by Gasteiger charge is 2.40. The Hall–Kier alpha value is -3.22. The first kappa shape index (κ1) is 19.5. The molecular formula is C21H22N2O5. The standard InChI is InChI=1S/C21H22N2O5/c1-4-28-21(25)20-15(13-5-6-18(26-2)19(11-13)27-3)9-14(10-17(20)24)16-12-22-7-8-23-16/h5-8,10-12,15,20H,4,9H2,1-3H3. The second-order valence-electron chi connectivity index (χ2n) is 6.32. The highest BCUT2D eigenvalue weighted by Crippen LogP contribution is 2.42. The zero-order valence-corrected chi connectivity index (χ0v) is 16.0. The lowest BCUT2D eigenvalue weighted by molar-refractivity contribution is -0.151. The van der Waals surface area contributed by atoms with Gasteiger partial charge in [-0.15, -0.1) is 0 Å². The van der Waals surface area contributed by atoms with Crippen molar-refractivity contribution in [2.24, 2.45) is 5.92 Å². The number of rotatable bonds is 6. The molecule has 1 aliphatic rings. The minimum absolute atomic E-state index is 0.210. The van der Waals surface area contributed by atoms with Gasteiger partial charge in [0.05, 0.1) is 32.7 Å². The summed E-state index contributed by atoms with van der Waals surface area (Å²) in [5.74, 6) is -1.05. The van der Waals surface area contributed by atoms with Crippen LogP contribution in [0.15, 0.2) is 42.9 Å². The summed E-state index contributed by atoms with van der Waals surface area (Å²) in [5.41, 5.74) is 2.14. The zero-order valence-electron chi connectivity index (χ0n) is 16.0. The molecule has 2 unspecified atom stereocenters. The van der Waals surface area contributed by atoms with Gasteiger partial charge in [-0.05, 0) is 42.7 Å². The maximum atomic E-state index is 12.9. The summed E-state index contributed by atoms with van der Waals surface area (Å²) in [6, 6.07) is 5.40. The number of benzene rings is 1. The quantitative estimate of drug-likeness (QED) is 0.561. The summed E-state index contributed by atoms with van der Waals surface area (Å²) in [4.78, 5) is 33.8. The van der Waals surface area contributed by atoms with Gasteiger partial charge in [0.2, 0.25) is 0 Å². The van der Waals surface area contributed by atoms with Crippen molar-refractivity contribution in [1.82, 2.24) is 9.97 Å². The summed E-state index contributed by atoms with van der Waals surface area (Å²) in [5, 5.41) is 0. The number of methoxy groups -OCH3 is 2. The molecule has 7 nitrogen and oxygen atoms in total. The highest BCUT2D eigenvalue weighted by atomic mass is 16.5. The third-order valence-electron chi connectivity index (χ3n) is 4.73. The van der Waals surface area contributed by atoms with E-state index in [1.807, 2.05) is 6.07 Å². The van der Waals surface area contributed by atoms with Crippen LogP contribution in [0.25, 0.3) is 5.57 Å². The average molecular weight is 382 g/mol. The van der Waals surface area contributed by atoms with Crippen molar-refractivity contribution in [3.8, 4) is 11.5 Å². The summed E-state index contributed by atoms with van der Waals surface area (Å²) < 4.78 is 15.8. The van der Waals surface area contributed by atoms with Gasteiger partial charge in [0.1, 0.15) is 5.92 Å². The average Bonchev–Trinajstić information content (AvgIpc) is 2.73. The molecule has 1 aliphatic carbocycles. The van der Waals surface area contributed by atoms with E-state index in [1.54, 1.807) is 51.9 Å². The molecule has 7 heteroatoms. The van der Waals surface area contributed by atoms with Crippen LogP contribution < -0.4 is 9.47 Å². The van der Waals surface area contributed by atoms with Crippen molar-refractivity contribution in [2.45, 2.75) is 19.3 Å². The predicted molar refractivity (Wildman–Crippen MR) is 102 cm³/mol. The Labute approximate surface area is 163 Å². The van der Waals surface area contributed by atoms with Crippen LogP contribution in [-0.4, -0.2) is 42.5 Å². The van der Waals surface area contributed by atoms with Gasteiger partial charge in [-0.3, -0.25) is 19.6 Å². The zero-order chi connectivity index (χ0) is 20.1. The van der Waals surface area contributed by atoms with Crippen LogP contribution in [0.2, 0.25) is 0 Å². The number of esters is 1. The summed E-state index contributed by atoms with van der Waals surface area (Å²) in [7, 11) is 3.10. The van der Waals surface area contributed by atoms with Crippen LogP contribution in [0, 0.1) is 5.92 Å². The van der Waals surface area contributed by atoms with Gasteiger partial charge in [0.15, 0.2) is 17.3 Å². The van der Waals surface area contributed by atoms with Crippen LogP contribution in [0.4, 0.5) is 0 Å². The van der Waals surface area contributed by atoms with Crippen LogP contribution in [0.1, 0.15) is 30.5 Å². The smallest absolute Gasteiger partial charge is 0.317 e. The fourth-order valence-corrected chi connectivity index (χ4v) is 3.42. The van der Waals surface area contributed by atoms with Crippen molar-refractivity contribution in [3.63, 3.8) is 0 Å². The molecule has 2 atom stereocenters. The number of aromatic nitrogens is 2. The van der Waals surface area contributed by atoms with E-state index in [0.717, 1.165) is 11.1 Å². The van der Waals surface area contributed by atoms with Gasteiger partial charge in [-0.2, -0.15) is 0 Å². The third-order valence-corrected chi connectivity index (χ3v) is 4.73. The predicted octanol–water partition coefficient (Wildman–Crippen LogP) is 2.81. The fourth-order valence-electron chi connectivity index (χ4n) is 3.42. The Morgan fingerprint density at radius 2 is 1.96 bits per heavy atom. The van der Waals surface area contributed by atoms with Gasteiger partial charge in [-0.25, -0.2) is 0 Å². The second-order valence-corrected chi connectivity index (χ2v) is 6.32. The molecule has 146 valence electrons. The summed E-state index contributed by atoms with van der Waals surface area (Å²) in [6.07, 6.45) is 6.67. The van der Waals surface area contributed by atoms with Gasteiger partial charge in [0, 0.05) is 18.3 Å². The fraction of sp³-hybridized carbons (Fsp3) is 0.333. The molecule has 28 heavy (non-hydrogen) atoms. The van der Waals surface area contributed by atoms with Gasteiger partial charge < -0.3 is 14.2 Å². The Kier molecular flexibility index (Phi) is 6.03. The number of carbonyl (C=O) groups is 2. The van der Waals surface area contributed by atoms with Gasteiger partial charge in [0.25, 0.3) is 0 Å². The molecular weight excluding hydrogens is 360 g/mol. The van der Waals surface area contributed by atoms with E-state index >= 15 is 0 Å². The molecule has 2 aromatic rings. The monoisotopic (exact) mass is 382 g/mol. The van der Waals surface area contributed by atoms with E-state index in [0.29, 0.717) is 23.6 Å². The molecule has 0 aliphatic heterocycles. The molecule has 0 saturated carbocycles. The van der Waals surface area contributed by atoms with E-state index in [2.05, 4.69) is 9.97 Å². The minimum Gasteiger partial charge on any atom is -0.493 e. The molecule has 1 aromatic carbocycles. The minimum atomic E-state index is -0.918. The van der Waals surface area contributed by atoms with Crippen molar-refractivity contribution < 1.29 is 23.8 Å².